The van der Waals surface area contributed by atoms with Crippen molar-refractivity contribution in [3.8, 4) is 0 Å². The molecule has 1 heterocycles. The van der Waals surface area contributed by atoms with Crippen molar-refractivity contribution >= 4 is 28.5 Å². The van der Waals surface area contributed by atoms with E-state index in [0.717, 1.165) is 5.39 Å². The first-order valence-electron chi connectivity index (χ1n) is 4.00. The average Bonchev–Trinajstić information content (AvgIpc) is 2.47. The van der Waals surface area contributed by atoms with Gasteiger partial charge in [0.15, 0.2) is 0 Å². The summed E-state index contributed by atoms with van der Waals surface area (Å²) in [6.07, 6.45) is 1.66. The van der Waals surface area contributed by atoms with Gasteiger partial charge in [0.05, 0.1) is 5.02 Å². The smallest absolute Gasteiger partial charge is 0.325 e. The number of hydrogen-bond donors (Lipinski definition) is 1. The summed E-state index contributed by atoms with van der Waals surface area (Å²) in [6, 6.07) is 5.37. The first kappa shape index (κ1) is 9.02. The SMILES string of the molecule is O=C(O)Cn1cc2cccc(Cl)c2n1. The molecule has 2 aromatic rings. The van der Waals surface area contributed by atoms with Crippen molar-refractivity contribution in [3.63, 3.8) is 0 Å². The van der Waals surface area contributed by atoms with Crippen LogP contribution in [0.5, 0.6) is 0 Å². The van der Waals surface area contributed by atoms with E-state index in [-0.39, 0.29) is 6.54 Å². The molecule has 5 heteroatoms. The minimum Gasteiger partial charge on any atom is -0.480 e. The number of rotatable bonds is 2. The van der Waals surface area contributed by atoms with Gasteiger partial charge in [-0.1, -0.05) is 23.7 Å². The van der Waals surface area contributed by atoms with Gasteiger partial charge in [0.1, 0.15) is 12.1 Å². The number of carboxylic acid groups (broad SMARTS) is 1. The van der Waals surface area contributed by atoms with E-state index in [1.807, 2.05) is 6.07 Å². The van der Waals surface area contributed by atoms with Gasteiger partial charge in [-0.3, -0.25) is 9.48 Å². The van der Waals surface area contributed by atoms with Gasteiger partial charge < -0.3 is 5.11 Å². The first-order chi connectivity index (χ1) is 6.66. The van der Waals surface area contributed by atoms with Crippen LogP contribution in [0.3, 0.4) is 0 Å². The van der Waals surface area contributed by atoms with Crippen LogP contribution < -0.4 is 0 Å². The van der Waals surface area contributed by atoms with Crippen molar-refractivity contribution in [2.45, 2.75) is 6.54 Å². The molecule has 0 radical (unpaired) electrons. The number of carboxylic acids is 1. The van der Waals surface area contributed by atoms with E-state index >= 15 is 0 Å². The van der Waals surface area contributed by atoms with Crippen LogP contribution in [-0.2, 0) is 11.3 Å². The summed E-state index contributed by atoms with van der Waals surface area (Å²) >= 11 is 5.88. The fraction of sp³-hybridized carbons (Fsp3) is 0.111. The topological polar surface area (TPSA) is 55.1 Å². The third-order valence-corrected chi connectivity index (χ3v) is 2.14. The number of aromatic nitrogens is 2. The Morgan fingerprint density at radius 2 is 2.36 bits per heavy atom. The highest BCUT2D eigenvalue weighted by molar-refractivity contribution is 6.35. The largest absolute Gasteiger partial charge is 0.480 e. The van der Waals surface area contributed by atoms with Crippen molar-refractivity contribution < 1.29 is 9.90 Å². The van der Waals surface area contributed by atoms with Gasteiger partial charge in [-0.15, -0.1) is 0 Å². The fourth-order valence-electron chi connectivity index (χ4n) is 1.28. The third-order valence-electron chi connectivity index (χ3n) is 1.83. The number of fused-ring (bicyclic) bond motifs is 1. The van der Waals surface area contributed by atoms with Crippen molar-refractivity contribution in [1.29, 1.82) is 0 Å². The van der Waals surface area contributed by atoms with Crippen LogP contribution in [0.4, 0.5) is 0 Å². The molecule has 1 aromatic carbocycles. The predicted octanol–water partition coefficient (Wildman–Crippen LogP) is 1.77. The lowest BCUT2D eigenvalue weighted by molar-refractivity contribution is -0.137. The molecule has 0 saturated carbocycles. The van der Waals surface area contributed by atoms with Crippen molar-refractivity contribution in [1.82, 2.24) is 9.78 Å². The third kappa shape index (κ3) is 1.56. The summed E-state index contributed by atoms with van der Waals surface area (Å²) in [5.74, 6) is -0.922. The highest BCUT2D eigenvalue weighted by Crippen LogP contribution is 2.20. The lowest BCUT2D eigenvalue weighted by Crippen LogP contribution is -2.08. The van der Waals surface area contributed by atoms with E-state index < -0.39 is 5.97 Å². The van der Waals surface area contributed by atoms with Crippen LogP contribution in [0.25, 0.3) is 10.9 Å². The summed E-state index contributed by atoms with van der Waals surface area (Å²) < 4.78 is 1.36. The monoisotopic (exact) mass is 210 g/mol. The Kier molecular flexibility index (Phi) is 2.13. The molecule has 0 aliphatic carbocycles. The molecule has 0 aliphatic rings. The maximum absolute atomic E-state index is 10.4. The summed E-state index contributed by atoms with van der Waals surface area (Å²) in [5, 5.41) is 14.0. The van der Waals surface area contributed by atoms with E-state index in [9.17, 15) is 4.79 Å². The maximum atomic E-state index is 10.4. The number of carbonyl (C=O) groups is 1. The van der Waals surface area contributed by atoms with Gasteiger partial charge in [0.25, 0.3) is 0 Å². The van der Waals surface area contributed by atoms with E-state index in [1.54, 1.807) is 18.3 Å². The molecule has 4 nitrogen and oxygen atoms in total. The Bertz CT molecular complexity index is 493. The predicted molar refractivity (Wildman–Crippen MR) is 52.4 cm³/mol. The summed E-state index contributed by atoms with van der Waals surface area (Å²) in [4.78, 5) is 10.4. The molecule has 72 valence electrons. The van der Waals surface area contributed by atoms with Crippen LogP contribution in [0.15, 0.2) is 24.4 Å². The Morgan fingerprint density at radius 3 is 3.00 bits per heavy atom. The molecule has 0 bridgehead atoms. The minimum atomic E-state index is -0.922. The van der Waals surface area contributed by atoms with Gasteiger partial charge in [-0.25, -0.2) is 0 Å². The van der Waals surface area contributed by atoms with Crippen molar-refractivity contribution in [3.05, 3.63) is 29.4 Å². The maximum Gasteiger partial charge on any atom is 0.325 e. The standard InChI is InChI=1S/C9H7ClN2O2/c10-7-3-1-2-6-4-12(5-8(13)14)11-9(6)7/h1-4H,5H2,(H,13,14). The highest BCUT2D eigenvalue weighted by Gasteiger charge is 2.05. The second kappa shape index (κ2) is 3.31. The zero-order chi connectivity index (χ0) is 10.1. The minimum absolute atomic E-state index is 0.148. The van der Waals surface area contributed by atoms with Gasteiger partial charge in [0.2, 0.25) is 0 Å². The molecule has 0 atom stereocenters. The van der Waals surface area contributed by atoms with Crippen LogP contribution in [0, 0.1) is 0 Å². The number of aliphatic carboxylic acids is 1. The quantitative estimate of drug-likeness (QED) is 0.822. The zero-order valence-corrected chi connectivity index (χ0v) is 7.90. The van der Waals surface area contributed by atoms with E-state index in [4.69, 9.17) is 16.7 Å². The van der Waals surface area contributed by atoms with E-state index in [1.165, 1.54) is 4.68 Å². The highest BCUT2D eigenvalue weighted by atomic mass is 35.5. The molecule has 0 unspecified atom stereocenters. The molecule has 0 spiro atoms. The second-order valence-electron chi connectivity index (χ2n) is 2.90. The normalized spacial score (nSPS) is 10.6. The van der Waals surface area contributed by atoms with E-state index in [2.05, 4.69) is 5.10 Å². The number of benzene rings is 1. The molecule has 0 fully saturated rings. The van der Waals surface area contributed by atoms with Gasteiger partial charge >= 0.3 is 5.97 Å². The molecule has 14 heavy (non-hydrogen) atoms. The molecule has 1 aromatic heterocycles. The van der Waals surface area contributed by atoms with Crippen LogP contribution in [0.2, 0.25) is 5.02 Å². The zero-order valence-electron chi connectivity index (χ0n) is 7.14. The van der Waals surface area contributed by atoms with Gasteiger partial charge in [-0.05, 0) is 6.07 Å². The number of hydrogen-bond acceptors (Lipinski definition) is 2. The molecule has 0 saturated heterocycles. The van der Waals surface area contributed by atoms with Crippen LogP contribution in [0.1, 0.15) is 0 Å². The Balaban J connectivity index is 2.51. The number of nitrogens with zero attached hydrogens (tertiary/aromatic N) is 2. The Morgan fingerprint density at radius 1 is 1.57 bits per heavy atom. The van der Waals surface area contributed by atoms with Crippen molar-refractivity contribution in [2.24, 2.45) is 0 Å². The van der Waals surface area contributed by atoms with Gasteiger partial charge in [-0.2, -0.15) is 5.10 Å². The lowest BCUT2D eigenvalue weighted by atomic mass is 10.3. The number of halogens is 1. The van der Waals surface area contributed by atoms with Crippen LogP contribution in [-0.4, -0.2) is 20.9 Å². The molecule has 1 N–H and O–H groups in total. The second-order valence-corrected chi connectivity index (χ2v) is 3.31. The van der Waals surface area contributed by atoms with Crippen molar-refractivity contribution in [2.75, 3.05) is 0 Å². The van der Waals surface area contributed by atoms with Gasteiger partial charge in [0, 0.05) is 11.6 Å². The average molecular weight is 211 g/mol. The molecule has 0 amide bonds. The first-order valence-corrected chi connectivity index (χ1v) is 4.38. The summed E-state index contributed by atoms with van der Waals surface area (Å²) in [6.45, 7) is -0.148. The summed E-state index contributed by atoms with van der Waals surface area (Å²) in [5.41, 5.74) is 0.635. The summed E-state index contributed by atoms with van der Waals surface area (Å²) in [7, 11) is 0. The molecule has 2 rings (SSSR count). The molecular weight excluding hydrogens is 204 g/mol. The Hall–Kier alpha value is -1.55. The Labute approximate surface area is 84.7 Å². The van der Waals surface area contributed by atoms with Crippen LogP contribution >= 0.6 is 11.6 Å². The van der Waals surface area contributed by atoms with E-state index in [0.29, 0.717) is 10.5 Å². The fourth-order valence-corrected chi connectivity index (χ4v) is 1.50. The lowest BCUT2D eigenvalue weighted by Gasteiger charge is -1.92. The molecule has 0 aliphatic heterocycles. The molecular formula is C9H7ClN2O2.